The summed E-state index contributed by atoms with van der Waals surface area (Å²) in [6.45, 7) is 1.92. The molecule has 0 aliphatic carbocycles. The molecule has 120 valence electrons. The maximum Gasteiger partial charge on any atom is 0.298 e. The van der Waals surface area contributed by atoms with E-state index in [1.165, 1.54) is 24.3 Å². The van der Waals surface area contributed by atoms with Crippen molar-refractivity contribution in [2.75, 3.05) is 4.90 Å². The summed E-state index contributed by atoms with van der Waals surface area (Å²) in [6.07, 6.45) is 1.49. The Balaban J connectivity index is 1.92. The summed E-state index contributed by atoms with van der Waals surface area (Å²) in [5, 5.41) is 10.4. The first-order valence-corrected chi connectivity index (χ1v) is 7.86. The van der Waals surface area contributed by atoms with Crippen molar-refractivity contribution in [3.05, 3.63) is 74.7 Å². The number of hydrogen-bond acceptors (Lipinski definition) is 5. The normalized spacial score (nSPS) is 16.0. The number of non-ortho nitro benzene ring substituents is 1. The lowest BCUT2D eigenvalue weighted by molar-refractivity contribution is -0.384. The lowest BCUT2D eigenvalue weighted by Crippen LogP contribution is -2.27. The number of nitro groups is 1. The predicted molar refractivity (Wildman–Crippen MR) is 92.7 cm³/mol. The van der Waals surface area contributed by atoms with Gasteiger partial charge in [0, 0.05) is 12.1 Å². The van der Waals surface area contributed by atoms with Gasteiger partial charge in [-0.15, -0.1) is 0 Å². The van der Waals surface area contributed by atoms with Gasteiger partial charge in [0.2, 0.25) is 0 Å². The van der Waals surface area contributed by atoms with Gasteiger partial charge >= 0.3 is 0 Å². The molecule has 0 saturated carbocycles. The Kier molecular flexibility index (Phi) is 4.18. The van der Waals surface area contributed by atoms with Crippen molar-refractivity contribution in [3.8, 4) is 0 Å². The van der Waals surface area contributed by atoms with Crippen molar-refractivity contribution in [3.63, 3.8) is 0 Å². The molecule has 1 fully saturated rings. The molecule has 0 atom stereocenters. The highest BCUT2D eigenvalue weighted by Crippen LogP contribution is 2.36. The first-order valence-electron chi connectivity index (χ1n) is 7.05. The summed E-state index contributed by atoms with van der Waals surface area (Å²) in [6, 6.07) is 13.0. The molecule has 2 aromatic rings. The molecule has 7 heteroatoms. The Morgan fingerprint density at radius 3 is 2.50 bits per heavy atom. The highest BCUT2D eigenvalue weighted by Gasteiger charge is 2.36. The number of nitrogens with zero attached hydrogens (tertiary/aromatic N) is 2. The number of carbonyl (C=O) groups is 2. The van der Waals surface area contributed by atoms with Crippen LogP contribution in [-0.2, 0) is 4.79 Å². The minimum absolute atomic E-state index is 0.0680. The Bertz CT molecular complexity index is 874. The highest BCUT2D eigenvalue weighted by molar-refractivity contribution is 8.19. The van der Waals surface area contributed by atoms with Crippen LogP contribution in [-0.4, -0.2) is 16.1 Å². The molecule has 0 unspecified atom stereocenters. The van der Waals surface area contributed by atoms with Gasteiger partial charge in [-0.2, -0.15) is 0 Å². The largest absolute Gasteiger partial charge is 0.298 e. The summed E-state index contributed by atoms with van der Waals surface area (Å²) < 4.78 is 0. The van der Waals surface area contributed by atoms with Crippen LogP contribution in [0.5, 0.6) is 0 Å². The van der Waals surface area contributed by atoms with Crippen LogP contribution in [0.1, 0.15) is 11.1 Å². The molecule has 2 aromatic carbocycles. The van der Waals surface area contributed by atoms with Crippen LogP contribution in [0.25, 0.3) is 6.08 Å². The third-order valence-corrected chi connectivity index (χ3v) is 4.33. The molecular formula is C17H12N2O4S. The van der Waals surface area contributed by atoms with E-state index in [1.54, 1.807) is 18.2 Å². The molecule has 1 aliphatic rings. The van der Waals surface area contributed by atoms with Crippen LogP contribution in [0.15, 0.2) is 53.4 Å². The smallest absolute Gasteiger partial charge is 0.268 e. The van der Waals surface area contributed by atoms with E-state index in [-0.39, 0.29) is 15.8 Å². The van der Waals surface area contributed by atoms with E-state index in [0.29, 0.717) is 11.3 Å². The molecule has 1 heterocycles. The third-order valence-electron chi connectivity index (χ3n) is 3.46. The molecule has 1 saturated heterocycles. The number of imide groups is 1. The second-order valence-corrected chi connectivity index (χ2v) is 6.20. The molecule has 0 radical (unpaired) electrons. The van der Waals surface area contributed by atoms with Crippen molar-refractivity contribution in [2.45, 2.75) is 6.92 Å². The zero-order valence-corrected chi connectivity index (χ0v) is 13.4. The van der Waals surface area contributed by atoms with Gasteiger partial charge in [0.05, 0.1) is 15.5 Å². The third kappa shape index (κ3) is 3.07. The van der Waals surface area contributed by atoms with E-state index >= 15 is 0 Å². The Morgan fingerprint density at radius 1 is 1.12 bits per heavy atom. The van der Waals surface area contributed by atoms with E-state index in [0.717, 1.165) is 22.2 Å². The molecule has 0 N–H and O–H groups in total. The Hall–Kier alpha value is -2.93. The average Bonchev–Trinajstić information content (AvgIpc) is 2.83. The fourth-order valence-electron chi connectivity index (χ4n) is 2.26. The summed E-state index contributed by atoms with van der Waals surface area (Å²) in [5.74, 6) is -0.430. The second-order valence-electron chi connectivity index (χ2n) is 5.20. The number of nitro benzene ring substituents is 1. The highest BCUT2D eigenvalue weighted by atomic mass is 32.2. The summed E-state index contributed by atoms with van der Waals surface area (Å²) in [7, 11) is 0. The van der Waals surface area contributed by atoms with E-state index in [9.17, 15) is 19.7 Å². The molecular weight excluding hydrogens is 328 g/mol. The van der Waals surface area contributed by atoms with Gasteiger partial charge < -0.3 is 0 Å². The van der Waals surface area contributed by atoms with E-state index in [2.05, 4.69) is 0 Å². The van der Waals surface area contributed by atoms with Crippen molar-refractivity contribution in [1.29, 1.82) is 0 Å². The van der Waals surface area contributed by atoms with E-state index in [1.807, 2.05) is 19.1 Å². The fraction of sp³-hybridized carbons (Fsp3) is 0.0588. The van der Waals surface area contributed by atoms with Crippen molar-refractivity contribution >= 4 is 40.4 Å². The number of aryl methyl sites for hydroxylation is 1. The summed E-state index contributed by atoms with van der Waals surface area (Å²) in [4.78, 5) is 36.3. The predicted octanol–water partition coefficient (Wildman–Crippen LogP) is 4.14. The minimum Gasteiger partial charge on any atom is -0.268 e. The molecule has 24 heavy (non-hydrogen) atoms. The first kappa shape index (κ1) is 15.9. The van der Waals surface area contributed by atoms with Crippen LogP contribution < -0.4 is 4.90 Å². The molecule has 0 bridgehead atoms. The number of benzene rings is 2. The molecule has 6 nitrogen and oxygen atoms in total. The lowest BCUT2D eigenvalue weighted by Gasteiger charge is -2.12. The van der Waals surface area contributed by atoms with Crippen LogP contribution in [0.3, 0.4) is 0 Å². The van der Waals surface area contributed by atoms with Crippen LogP contribution in [0.2, 0.25) is 0 Å². The minimum atomic E-state index is -0.505. The molecule has 2 amide bonds. The molecule has 1 aliphatic heterocycles. The number of amides is 2. The van der Waals surface area contributed by atoms with E-state index < -0.39 is 10.8 Å². The molecule has 3 rings (SSSR count). The van der Waals surface area contributed by atoms with Gasteiger partial charge in [-0.25, -0.2) is 4.90 Å². The SMILES string of the molecule is Cc1ccc(N2C(=O)S/C(=C\c3cccc([N+](=O)[O-])c3)C2=O)cc1. The Labute approximate surface area is 141 Å². The van der Waals surface area contributed by atoms with Gasteiger partial charge in [0.15, 0.2) is 0 Å². The number of rotatable bonds is 3. The second kappa shape index (κ2) is 6.29. The quantitative estimate of drug-likeness (QED) is 0.476. The summed E-state index contributed by atoms with van der Waals surface area (Å²) >= 11 is 0.819. The van der Waals surface area contributed by atoms with E-state index in [4.69, 9.17) is 0 Å². The Morgan fingerprint density at radius 2 is 1.83 bits per heavy atom. The van der Waals surface area contributed by atoms with Crippen molar-refractivity contribution < 1.29 is 14.5 Å². The first-order chi connectivity index (χ1) is 11.5. The van der Waals surface area contributed by atoms with Gasteiger partial charge in [0.1, 0.15) is 0 Å². The van der Waals surface area contributed by atoms with Gasteiger partial charge in [-0.3, -0.25) is 19.7 Å². The topological polar surface area (TPSA) is 80.5 Å². The summed E-state index contributed by atoms with van der Waals surface area (Å²) in [5.41, 5.74) is 1.96. The zero-order chi connectivity index (χ0) is 17.3. The van der Waals surface area contributed by atoms with Crippen LogP contribution in [0, 0.1) is 17.0 Å². The maximum absolute atomic E-state index is 12.5. The number of hydrogen-bond donors (Lipinski definition) is 0. The van der Waals surface area contributed by atoms with Crippen molar-refractivity contribution in [2.24, 2.45) is 0 Å². The van der Waals surface area contributed by atoms with Gasteiger partial charge in [-0.1, -0.05) is 29.8 Å². The number of thioether (sulfide) groups is 1. The number of anilines is 1. The lowest BCUT2D eigenvalue weighted by atomic mass is 10.2. The van der Waals surface area contributed by atoms with Gasteiger partial charge in [0.25, 0.3) is 16.8 Å². The van der Waals surface area contributed by atoms with Crippen molar-refractivity contribution in [1.82, 2.24) is 0 Å². The molecule has 0 spiro atoms. The molecule has 0 aromatic heterocycles. The van der Waals surface area contributed by atoms with Gasteiger partial charge in [-0.05, 0) is 42.5 Å². The maximum atomic E-state index is 12.5. The number of carbonyl (C=O) groups excluding carboxylic acids is 2. The standard InChI is InChI=1S/C17H12N2O4S/c1-11-5-7-13(8-6-11)18-16(20)15(24-17(18)21)10-12-3-2-4-14(9-12)19(22)23/h2-10H,1H3/b15-10-. The average molecular weight is 340 g/mol. The van der Waals surface area contributed by atoms with Crippen LogP contribution in [0.4, 0.5) is 16.2 Å². The fourth-order valence-corrected chi connectivity index (χ4v) is 3.11. The zero-order valence-electron chi connectivity index (χ0n) is 12.6. The monoisotopic (exact) mass is 340 g/mol. The van der Waals surface area contributed by atoms with Crippen LogP contribution >= 0.6 is 11.8 Å².